The van der Waals surface area contributed by atoms with Gasteiger partial charge in [-0.2, -0.15) is 0 Å². The summed E-state index contributed by atoms with van der Waals surface area (Å²) in [5, 5.41) is 1.11. The highest BCUT2D eigenvalue weighted by atomic mass is 28.4. The smallest absolute Gasteiger partial charge is 0.192 e. The van der Waals surface area contributed by atoms with E-state index in [0.29, 0.717) is 6.42 Å². The Hall–Kier alpha value is -1.52. The number of carbonyl (C=O) groups is 1. The Morgan fingerprint density at radius 1 is 1.18 bits per heavy atom. The molecule has 0 radical (unpaired) electrons. The molecule has 1 aromatic heterocycles. The molecule has 0 bridgehead atoms. The summed E-state index contributed by atoms with van der Waals surface area (Å²) < 4.78 is 6.54. The zero-order valence-corrected chi connectivity index (χ0v) is 14.7. The molecule has 0 aliphatic carbocycles. The third-order valence-corrected chi connectivity index (χ3v) is 9.29. The number of hydrogen-bond donors (Lipinski definition) is 0. The second kappa shape index (κ2) is 7.65. The summed E-state index contributed by atoms with van der Waals surface area (Å²) in [6, 6.07) is 13.4. The van der Waals surface area contributed by atoms with E-state index in [1.54, 1.807) is 6.20 Å². The van der Waals surface area contributed by atoms with Crippen LogP contribution in [0.15, 0.2) is 36.5 Å². The number of pyridine rings is 1. The average molecular weight is 315 g/mol. The number of carbonyl (C=O) groups excluding carboxylic acids is 1. The van der Waals surface area contributed by atoms with Gasteiger partial charge in [0, 0.05) is 18.0 Å². The predicted molar refractivity (Wildman–Crippen MR) is 93.4 cm³/mol. The van der Waals surface area contributed by atoms with Crippen LogP contribution < -0.4 is 0 Å². The van der Waals surface area contributed by atoms with Crippen LogP contribution in [0.3, 0.4) is 0 Å². The lowest BCUT2D eigenvalue weighted by Gasteiger charge is -2.33. The lowest BCUT2D eigenvalue weighted by molar-refractivity contribution is -0.109. The Morgan fingerprint density at radius 3 is 2.55 bits per heavy atom. The summed E-state index contributed by atoms with van der Waals surface area (Å²) in [7, 11) is -1.75. The first kappa shape index (κ1) is 16.8. The van der Waals surface area contributed by atoms with Gasteiger partial charge in [0.05, 0.1) is 11.6 Å². The van der Waals surface area contributed by atoms with E-state index in [2.05, 4.69) is 44.0 Å². The van der Waals surface area contributed by atoms with Crippen molar-refractivity contribution in [2.24, 2.45) is 0 Å². The number of nitrogens with zero attached hydrogens (tertiary/aromatic N) is 1. The second-order valence-electron chi connectivity index (χ2n) is 5.71. The highest BCUT2D eigenvalue weighted by Gasteiger charge is 2.32. The maximum absolute atomic E-state index is 11.1. The first-order valence-corrected chi connectivity index (χ1v) is 10.7. The van der Waals surface area contributed by atoms with Crippen LogP contribution in [-0.4, -0.2) is 19.6 Å². The van der Waals surface area contributed by atoms with Gasteiger partial charge in [-0.25, -0.2) is 0 Å². The third kappa shape index (κ3) is 3.62. The van der Waals surface area contributed by atoms with Crippen molar-refractivity contribution in [3.63, 3.8) is 0 Å². The van der Waals surface area contributed by atoms with Crippen LogP contribution in [0, 0.1) is 0 Å². The fraction of sp³-hybridized carbons (Fsp3) is 0.444. The minimum Gasteiger partial charge on any atom is -0.410 e. The summed E-state index contributed by atoms with van der Waals surface area (Å²) in [5.74, 6) is 0. The highest BCUT2D eigenvalue weighted by Crippen LogP contribution is 2.32. The van der Waals surface area contributed by atoms with Crippen molar-refractivity contribution >= 4 is 25.5 Å². The van der Waals surface area contributed by atoms with E-state index in [-0.39, 0.29) is 6.10 Å². The summed E-state index contributed by atoms with van der Waals surface area (Å²) in [4.78, 5) is 15.5. The van der Waals surface area contributed by atoms with Crippen molar-refractivity contribution in [3.05, 3.63) is 42.1 Å². The number of benzene rings is 1. The van der Waals surface area contributed by atoms with Crippen LogP contribution in [0.25, 0.3) is 10.9 Å². The molecule has 4 heteroatoms. The Kier molecular flexibility index (Phi) is 5.86. The number of rotatable bonds is 8. The van der Waals surface area contributed by atoms with Gasteiger partial charge in [0.1, 0.15) is 6.29 Å². The number of aromatic nitrogens is 1. The quantitative estimate of drug-likeness (QED) is 0.514. The van der Waals surface area contributed by atoms with Gasteiger partial charge < -0.3 is 9.22 Å². The standard InChI is InChI=1S/C18H25NO2Si/c1-4-22(5-2,6-3)21-18(11-13-20)16-10-9-15-8-7-12-19-17(15)14-16/h7-10,12-14,18H,4-6,11H2,1-3H3/t18-/m1/s1. The molecule has 0 amide bonds. The molecular weight excluding hydrogens is 290 g/mol. The van der Waals surface area contributed by atoms with E-state index < -0.39 is 8.32 Å². The average Bonchev–Trinajstić information content (AvgIpc) is 2.58. The molecule has 0 aliphatic rings. The van der Waals surface area contributed by atoms with Crippen molar-refractivity contribution in [2.45, 2.75) is 51.4 Å². The van der Waals surface area contributed by atoms with Gasteiger partial charge in [-0.05, 0) is 35.8 Å². The summed E-state index contributed by atoms with van der Waals surface area (Å²) in [5.41, 5.74) is 2.02. The van der Waals surface area contributed by atoms with Crippen LogP contribution >= 0.6 is 0 Å². The number of hydrogen-bond acceptors (Lipinski definition) is 3. The fourth-order valence-corrected chi connectivity index (χ4v) is 5.76. The molecular formula is C18H25NO2Si. The first-order valence-electron chi connectivity index (χ1n) is 8.14. The molecule has 1 atom stereocenters. The van der Waals surface area contributed by atoms with Crippen LogP contribution in [0.4, 0.5) is 0 Å². The molecule has 1 heterocycles. The molecule has 0 saturated carbocycles. The van der Waals surface area contributed by atoms with E-state index in [9.17, 15) is 4.79 Å². The Morgan fingerprint density at radius 2 is 1.91 bits per heavy atom. The number of fused-ring (bicyclic) bond motifs is 1. The van der Waals surface area contributed by atoms with Gasteiger partial charge in [-0.1, -0.05) is 39.0 Å². The third-order valence-electron chi connectivity index (χ3n) is 4.64. The van der Waals surface area contributed by atoms with Crippen molar-refractivity contribution < 1.29 is 9.22 Å². The Labute approximate surface area is 133 Å². The Bertz CT molecular complexity index is 617. The minimum absolute atomic E-state index is 0.143. The zero-order chi connectivity index (χ0) is 16.0. The van der Waals surface area contributed by atoms with E-state index in [1.165, 1.54) is 0 Å². The fourth-order valence-electron chi connectivity index (χ4n) is 2.93. The van der Waals surface area contributed by atoms with E-state index in [4.69, 9.17) is 4.43 Å². The van der Waals surface area contributed by atoms with Crippen LogP contribution in [0.2, 0.25) is 18.1 Å². The highest BCUT2D eigenvalue weighted by molar-refractivity contribution is 6.73. The second-order valence-corrected chi connectivity index (χ2v) is 10.4. The minimum atomic E-state index is -1.75. The van der Waals surface area contributed by atoms with Gasteiger partial charge in [0.2, 0.25) is 0 Å². The van der Waals surface area contributed by atoms with Crippen LogP contribution in [0.5, 0.6) is 0 Å². The molecule has 118 valence electrons. The summed E-state index contributed by atoms with van der Waals surface area (Å²) in [6.45, 7) is 6.62. The first-order chi connectivity index (χ1) is 10.7. The molecule has 22 heavy (non-hydrogen) atoms. The van der Waals surface area contributed by atoms with Crippen molar-refractivity contribution in [1.29, 1.82) is 0 Å². The van der Waals surface area contributed by atoms with Gasteiger partial charge >= 0.3 is 0 Å². The van der Waals surface area contributed by atoms with Gasteiger partial charge in [-0.3, -0.25) is 4.98 Å². The number of aldehydes is 1. The Balaban J connectivity index is 2.34. The summed E-state index contributed by atoms with van der Waals surface area (Å²) in [6.07, 6.45) is 3.03. The van der Waals surface area contributed by atoms with Gasteiger partial charge in [0.25, 0.3) is 0 Å². The topological polar surface area (TPSA) is 39.2 Å². The van der Waals surface area contributed by atoms with Crippen LogP contribution in [-0.2, 0) is 9.22 Å². The molecule has 2 aromatic rings. The van der Waals surface area contributed by atoms with Gasteiger partial charge in [-0.15, -0.1) is 0 Å². The maximum atomic E-state index is 11.1. The monoisotopic (exact) mass is 315 g/mol. The van der Waals surface area contributed by atoms with E-state index in [0.717, 1.165) is 40.9 Å². The lowest BCUT2D eigenvalue weighted by Crippen LogP contribution is -2.37. The SMILES string of the molecule is CC[Si](CC)(CC)O[C@H](CC=O)c1ccc2cccnc2c1. The molecule has 1 aromatic carbocycles. The molecule has 0 N–H and O–H groups in total. The molecule has 0 unspecified atom stereocenters. The van der Waals surface area contributed by atoms with E-state index in [1.807, 2.05) is 12.1 Å². The largest absolute Gasteiger partial charge is 0.410 e. The van der Waals surface area contributed by atoms with Crippen molar-refractivity contribution in [3.8, 4) is 0 Å². The van der Waals surface area contributed by atoms with Crippen molar-refractivity contribution in [2.75, 3.05) is 0 Å². The molecule has 0 spiro atoms. The van der Waals surface area contributed by atoms with E-state index >= 15 is 0 Å². The zero-order valence-electron chi connectivity index (χ0n) is 13.7. The molecule has 0 saturated heterocycles. The van der Waals surface area contributed by atoms with Crippen LogP contribution in [0.1, 0.15) is 38.9 Å². The predicted octanol–water partition coefficient (Wildman–Crippen LogP) is 4.89. The maximum Gasteiger partial charge on any atom is 0.192 e. The molecule has 0 fully saturated rings. The molecule has 3 nitrogen and oxygen atoms in total. The summed E-state index contributed by atoms with van der Waals surface area (Å²) >= 11 is 0. The normalized spacial score (nSPS) is 13.2. The molecule has 2 rings (SSSR count). The molecule has 0 aliphatic heterocycles. The van der Waals surface area contributed by atoms with Crippen molar-refractivity contribution in [1.82, 2.24) is 4.98 Å². The van der Waals surface area contributed by atoms with Gasteiger partial charge in [0.15, 0.2) is 8.32 Å². The lowest BCUT2D eigenvalue weighted by atomic mass is 10.0.